The second-order valence-electron chi connectivity index (χ2n) is 5.96. The molecule has 3 aromatic rings. The van der Waals surface area contributed by atoms with Gasteiger partial charge in [-0.25, -0.2) is 13.1 Å². The summed E-state index contributed by atoms with van der Waals surface area (Å²) in [7, 11) is -4.21. The molecule has 0 amide bonds. The summed E-state index contributed by atoms with van der Waals surface area (Å²) in [6, 6.07) is 16.0. The van der Waals surface area contributed by atoms with Gasteiger partial charge in [0.1, 0.15) is 0 Å². The van der Waals surface area contributed by atoms with Gasteiger partial charge < -0.3 is 5.11 Å². The molecule has 0 radical (unpaired) electrons. The molecule has 2 N–H and O–H groups in total. The standard InChI is InChI=1S/C19H16F3NO3S/c20-19(21,22)14-7-4-8-15(11-14)27(25,26)23-12-18(24)17-10-3-6-13-5-1-2-9-16(13)17/h1-11,18,23-24H,12H2. The first-order valence-corrected chi connectivity index (χ1v) is 9.49. The maximum absolute atomic E-state index is 12.8. The molecule has 0 aromatic heterocycles. The minimum absolute atomic E-state index is 0.368. The van der Waals surface area contributed by atoms with Crippen molar-refractivity contribution in [3.05, 3.63) is 77.9 Å². The average Bonchev–Trinajstić information content (AvgIpc) is 2.65. The van der Waals surface area contributed by atoms with Crippen molar-refractivity contribution in [2.45, 2.75) is 17.2 Å². The highest BCUT2D eigenvalue weighted by molar-refractivity contribution is 7.89. The average molecular weight is 395 g/mol. The Hall–Kier alpha value is -2.42. The molecule has 0 saturated heterocycles. The zero-order valence-electron chi connectivity index (χ0n) is 13.9. The molecule has 0 bridgehead atoms. The quantitative estimate of drug-likeness (QED) is 0.689. The third-order valence-corrected chi connectivity index (χ3v) is 5.54. The van der Waals surface area contributed by atoms with Crippen LogP contribution in [0.25, 0.3) is 10.8 Å². The van der Waals surface area contributed by atoms with Crippen LogP contribution >= 0.6 is 0 Å². The molecule has 0 aliphatic carbocycles. The lowest BCUT2D eigenvalue weighted by Crippen LogP contribution is -2.28. The van der Waals surface area contributed by atoms with E-state index in [0.29, 0.717) is 11.6 Å². The van der Waals surface area contributed by atoms with E-state index in [2.05, 4.69) is 4.72 Å². The molecule has 1 unspecified atom stereocenters. The van der Waals surface area contributed by atoms with Gasteiger partial charge in [0.05, 0.1) is 16.6 Å². The summed E-state index contributed by atoms with van der Waals surface area (Å²) in [5, 5.41) is 12.1. The number of sulfonamides is 1. The number of aliphatic hydroxyl groups excluding tert-OH is 1. The molecule has 27 heavy (non-hydrogen) atoms. The number of hydrogen-bond donors (Lipinski definition) is 2. The van der Waals surface area contributed by atoms with Gasteiger partial charge >= 0.3 is 6.18 Å². The Morgan fingerprint density at radius 2 is 1.63 bits per heavy atom. The van der Waals surface area contributed by atoms with Gasteiger partial charge in [0.15, 0.2) is 0 Å². The third kappa shape index (κ3) is 4.29. The Labute approximate surface area is 154 Å². The lowest BCUT2D eigenvalue weighted by molar-refractivity contribution is -0.137. The highest BCUT2D eigenvalue weighted by atomic mass is 32.2. The number of rotatable bonds is 5. The topological polar surface area (TPSA) is 66.4 Å². The molecule has 8 heteroatoms. The number of benzene rings is 3. The summed E-state index contributed by atoms with van der Waals surface area (Å²) in [5.41, 5.74) is -0.528. The number of alkyl halides is 3. The van der Waals surface area contributed by atoms with E-state index in [-0.39, 0.29) is 6.54 Å². The largest absolute Gasteiger partial charge is 0.416 e. The van der Waals surface area contributed by atoms with Crippen molar-refractivity contribution < 1.29 is 26.7 Å². The maximum Gasteiger partial charge on any atom is 0.416 e. The Kier molecular flexibility index (Phi) is 5.23. The van der Waals surface area contributed by atoms with Gasteiger partial charge in [-0.3, -0.25) is 0 Å². The van der Waals surface area contributed by atoms with E-state index in [4.69, 9.17) is 0 Å². The predicted octanol–water partition coefficient (Wildman–Crippen LogP) is 3.87. The number of nitrogens with one attached hydrogen (secondary N) is 1. The van der Waals surface area contributed by atoms with Crippen LogP contribution in [0.5, 0.6) is 0 Å². The monoisotopic (exact) mass is 395 g/mol. The SMILES string of the molecule is O=S(=O)(NCC(O)c1cccc2ccccc12)c1cccc(C(F)(F)F)c1. The van der Waals surface area contributed by atoms with Gasteiger partial charge in [0.25, 0.3) is 0 Å². The van der Waals surface area contributed by atoms with Crippen molar-refractivity contribution in [1.82, 2.24) is 4.72 Å². The molecule has 1 atom stereocenters. The van der Waals surface area contributed by atoms with Crippen LogP contribution in [0, 0.1) is 0 Å². The smallest absolute Gasteiger partial charge is 0.387 e. The molecule has 0 fully saturated rings. The normalized spacial score (nSPS) is 13.6. The Bertz CT molecular complexity index is 1060. The van der Waals surface area contributed by atoms with E-state index in [1.54, 1.807) is 24.3 Å². The summed E-state index contributed by atoms with van der Waals surface area (Å²) in [6.45, 7) is -0.368. The summed E-state index contributed by atoms with van der Waals surface area (Å²) in [4.78, 5) is -0.512. The van der Waals surface area contributed by atoms with E-state index in [1.807, 2.05) is 18.2 Å². The molecular weight excluding hydrogens is 379 g/mol. The van der Waals surface area contributed by atoms with E-state index < -0.39 is 32.8 Å². The maximum atomic E-state index is 12.8. The van der Waals surface area contributed by atoms with Crippen LogP contribution in [0.2, 0.25) is 0 Å². The van der Waals surface area contributed by atoms with E-state index >= 15 is 0 Å². The Morgan fingerprint density at radius 3 is 2.37 bits per heavy atom. The summed E-state index contributed by atoms with van der Waals surface area (Å²) in [6.07, 6.45) is -5.80. The highest BCUT2D eigenvalue weighted by Gasteiger charge is 2.31. The highest BCUT2D eigenvalue weighted by Crippen LogP contribution is 2.30. The second-order valence-corrected chi connectivity index (χ2v) is 7.73. The van der Waals surface area contributed by atoms with Crippen LogP contribution in [0.3, 0.4) is 0 Å². The van der Waals surface area contributed by atoms with Crippen LogP contribution in [-0.2, 0) is 16.2 Å². The van der Waals surface area contributed by atoms with Crippen molar-refractivity contribution in [3.8, 4) is 0 Å². The molecule has 3 aromatic carbocycles. The van der Waals surface area contributed by atoms with Gasteiger partial charge in [0, 0.05) is 6.54 Å². The number of hydrogen-bond acceptors (Lipinski definition) is 3. The summed E-state index contributed by atoms with van der Waals surface area (Å²) >= 11 is 0. The van der Waals surface area contributed by atoms with Crippen LogP contribution in [-0.4, -0.2) is 20.1 Å². The van der Waals surface area contributed by atoms with Crippen LogP contribution in [0.15, 0.2) is 71.6 Å². The molecule has 0 heterocycles. The van der Waals surface area contributed by atoms with Gasteiger partial charge in [-0.1, -0.05) is 48.5 Å². The molecule has 0 aliphatic rings. The van der Waals surface area contributed by atoms with Gasteiger partial charge in [-0.2, -0.15) is 13.2 Å². The second kappa shape index (κ2) is 7.30. The molecule has 4 nitrogen and oxygen atoms in total. The number of fused-ring (bicyclic) bond motifs is 1. The zero-order valence-corrected chi connectivity index (χ0v) is 14.8. The number of aliphatic hydroxyl groups is 1. The van der Waals surface area contributed by atoms with Crippen molar-refractivity contribution in [3.63, 3.8) is 0 Å². The van der Waals surface area contributed by atoms with Crippen LogP contribution in [0.4, 0.5) is 13.2 Å². The van der Waals surface area contributed by atoms with Crippen molar-refractivity contribution in [1.29, 1.82) is 0 Å². The van der Waals surface area contributed by atoms with Crippen molar-refractivity contribution in [2.75, 3.05) is 6.54 Å². The van der Waals surface area contributed by atoms with E-state index in [9.17, 15) is 26.7 Å². The molecular formula is C19H16F3NO3S. The molecule has 142 valence electrons. The van der Waals surface area contributed by atoms with E-state index in [1.165, 1.54) is 0 Å². The molecule has 0 aliphatic heterocycles. The Balaban J connectivity index is 1.81. The molecule has 0 saturated carbocycles. The van der Waals surface area contributed by atoms with Crippen molar-refractivity contribution in [2.24, 2.45) is 0 Å². The lowest BCUT2D eigenvalue weighted by Gasteiger charge is -2.15. The first kappa shape index (κ1) is 19.3. The summed E-state index contributed by atoms with van der Waals surface area (Å²) < 4.78 is 65.2. The fraction of sp³-hybridized carbons (Fsp3) is 0.158. The zero-order chi connectivity index (χ0) is 19.7. The van der Waals surface area contributed by atoms with Gasteiger partial charge in [0.2, 0.25) is 10.0 Å². The van der Waals surface area contributed by atoms with Crippen molar-refractivity contribution >= 4 is 20.8 Å². The van der Waals surface area contributed by atoms with E-state index in [0.717, 1.165) is 29.0 Å². The minimum Gasteiger partial charge on any atom is -0.387 e. The summed E-state index contributed by atoms with van der Waals surface area (Å²) in [5.74, 6) is 0. The fourth-order valence-corrected chi connectivity index (χ4v) is 3.85. The molecule has 3 rings (SSSR count). The first-order chi connectivity index (χ1) is 12.7. The third-order valence-electron chi connectivity index (χ3n) is 4.12. The van der Waals surface area contributed by atoms with Crippen LogP contribution in [0.1, 0.15) is 17.2 Å². The predicted molar refractivity (Wildman–Crippen MR) is 95.5 cm³/mol. The molecule has 0 spiro atoms. The minimum atomic E-state index is -4.64. The van der Waals surface area contributed by atoms with Crippen LogP contribution < -0.4 is 4.72 Å². The number of halogens is 3. The van der Waals surface area contributed by atoms with Gasteiger partial charge in [-0.05, 0) is 34.5 Å². The lowest BCUT2D eigenvalue weighted by atomic mass is 10.0. The van der Waals surface area contributed by atoms with Gasteiger partial charge in [-0.15, -0.1) is 0 Å². The Morgan fingerprint density at radius 1 is 0.963 bits per heavy atom. The fourth-order valence-electron chi connectivity index (χ4n) is 2.76. The first-order valence-electron chi connectivity index (χ1n) is 8.01.